The summed E-state index contributed by atoms with van der Waals surface area (Å²) in [4.78, 5) is 18.5. The molecular weight excluding hydrogens is 132 g/mol. The fourth-order valence-electron chi connectivity index (χ4n) is 0.551. The third kappa shape index (κ3) is 0.576. The Morgan fingerprint density at radius 1 is 1.44 bits per heavy atom. The molecule has 0 atom stereocenters. The maximum Gasteiger partial charge on any atom is 0.518 e. The first kappa shape index (κ1) is 4.98. The van der Waals surface area contributed by atoms with Crippen LogP contribution >= 0.6 is 0 Å². The van der Waals surface area contributed by atoms with E-state index < -0.39 is 12.1 Å². The highest BCUT2D eigenvalue weighted by Gasteiger charge is 2.57. The molecule has 0 aromatic carbocycles. The molecule has 0 aromatic rings. The van der Waals surface area contributed by atoms with Crippen LogP contribution in [0.1, 0.15) is 0 Å². The van der Waals surface area contributed by atoms with Gasteiger partial charge in [-0.1, -0.05) is 5.04 Å². The number of carbonyl (C=O) groups excluding carboxylic acids is 1. The van der Waals surface area contributed by atoms with Crippen LogP contribution in [0.5, 0.6) is 0 Å². The van der Waals surface area contributed by atoms with Crippen molar-refractivity contribution in [2.45, 2.75) is 5.97 Å². The van der Waals surface area contributed by atoms with Crippen molar-refractivity contribution >= 4 is 6.16 Å². The first-order valence-electron chi connectivity index (χ1n) is 2.20. The van der Waals surface area contributed by atoms with Gasteiger partial charge < -0.3 is 9.47 Å². The molecule has 50 valence electrons. The highest BCUT2D eigenvalue weighted by molar-refractivity contribution is 5.65. The van der Waals surface area contributed by atoms with Crippen molar-refractivity contribution in [3.05, 3.63) is 0 Å². The van der Waals surface area contributed by atoms with E-state index in [1.54, 1.807) is 0 Å². The predicted octanol–water partition coefficient (Wildman–Crippen LogP) is -0.300. The first-order valence-corrected chi connectivity index (χ1v) is 2.20. The van der Waals surface area contributed by atoms with Gasteiger partial charge in [-0.25, -0.2) is 4.79 Å². The van der Waals surface area contributed by atoms with Gasteiger partial charge in [-0.2, -0.15) is 4.89 Å². The molecule has 9 heavy (non-hydrogen) atoms. The SMILES string of the molecule is O=C1OC2(COOO2)O1. The Labute approximate surface area is 49.0 Å². The molecule has 0 radical (unpaired) electrons. The van der Waals surface area contributed by atoms with Crippen molar-refractivity contribution in [1.29, 1.82) is 0 Å². The second-order valence-corrected chi connectivity index (χ2v) is 1.55. The summed E-state index contributed by atoms with van der Waals surface area (Å²) in [7, 11) is 0. The molecule has 6 heteroatoms. The minimum absolute atomic E-state index is 0.0568. The Kier molecular flexibility index (Phi) is 0.747. The van der Waals surface area contributed by atoms with Crippen LogP contribution in [0.3, 0.4) is 0 Å². The van der Waals surface area contributed by atoms with E-state index in [0.29, 0.717) is 0 Å². The van der Waals surface area contributed by atoms with Crippen LogP contribution < -0.4 is 0 Å². The number of ether oxygens (including phenoxy) is 2. The van der Waals surface area contributed by atoms with Gasteiger partial charge in [-0.3, -0.25) is 0 Å². The standard InChI is InChI=1S/C3H2O6/c4-2-6-3(7-2)1-5-9-8-3/h1H2. The Morgan fingerprint density at radius 3 is 2.67 bits per heavy atom. The molecule has 0 N–H and O–H groups in total. The lowest BCUT2D eigenvalue weighted by molar-refractivity contribution is -0.531. The van der Waals surface area contributed by atoms with E-state index in [1.807, 2.05) is 0 Å². The average molecular weight is 134 g/mol. The van der Waals surface area contributed by atoms with Crippen LogP contribution in [-0.4, -0.2) is 18.7 Å². The van der Waals surface area contributed by atoms with Gasteiger partial charge in [0.1, 0.15) is 0 Å². The van der Waals surface area contributed by atoms with E-state index in [2.05, 4.69) is 24.3 Å². The van der Waals surface area contributed by atoms with Crippen molar-refractivity contribution in [3.8, 4) is 0 Å². The monoisotopic (exact) mass is 134 g/mol. The number of hydrogen-bond acceptors (Lipinski definition) is 6. The predicted molar refractivity (Wildman–Crippen MR) is 18.4 cm³/mol. The summed E-state index contributed by atoms with van der Waals surface area (Å²) < 4.78 is 8.71. The van der Waals surface area contributed by atoms with E-state index in [-0.39, 0.29) is 6.61 Å². The normalized spacial score (nSPS) is 29.1. The summed E-state index contributed by atoms with van der Waals surface area (Å²) >= 11 is 0. The lowest BCUT2D eigenvalue weighted by atomic mass is 10.5. The maximum atomic E-state index is 10.0. The zero-order chi connectivity index (χ0) is 6.32. The molecule has 2 saturated heterocycles. The first-order chi connectivity index (χ1) is 4.31. The molecule has 1 spiro atoms. The Morgan fingerprint density at radius 2 is 2.22 bits per heavy atom. The van der Waals surface area contributed by atoms with E-state index in [4.69, 9.17) is 0 Å². The van der Waals surface area contributed by atoms with Crippen molar-refractivity contribution in [2.75, 3.05) is 6.61 Å². The Bertz CT molecular complexity index is 136. The summed E-state index contributed by atoms with van der Waals surface area (Å²) in [5, 5.41) is 3.95. The highest BCUT2D eigenvalue weighted by Crippen LogP contribution is 2.31. The Balaban J connectivity index is 2.03. The minimum atomic E-state index is -1.41. The van der Waals surface area contributed by atoms with Gasteiger partial charge in [0.15, 0.2) is 6.61 Å². The molecular formula is C3H2O6. The third-order valence-corrected chi connectivity index (χ3v) is 0.922. The van der Waals surface area contributed by atoms with Crippen LogP contribution in [0, 0.1) is 0 Å². The van der Waals surface area contributed by atoms with Crippen LogP contribution in [0.2, 0.25) is 0 Å². The number of rotatable bonds is 0. The fourth-order valence-corrected chi connectivity index (χ4v) is 0.551. The lowest BCUT2D eigenvalue weighted by Gasteiger charge is -2.29. The van der Waals surface area contributed by atoms with Crippen LogP contribution in [0.15, 0.2) is 0 Å². The van der Waals surface area contributed by atoms with Crippen LogP contribution in [-0.2, 0) is 24.3 Å². The number of hydrogen-bond donors (Lipinski definition) is 0. The third-order valence-electron chi connectivity index (χ3n) is 0.922. The Hall–Kier alpha value is -0.850. The number of carbonyl (C=O) groups is 1. The van der Waals surface area contributed by atoms with Gasteiger partial charge >= 0.3 is 12.1 Å². The van der Waals surface area contributed by atoms with Crippen LogP contribution in [0.4, 0.5) is 4.79 Å². The average Bonchev–Trinajstić information content (AvgIpc) is 2.12. The van der Waals surface area contributed by atoms with E-state index in [9.17, 15) is 4.79 Å². The summed E-state index contributed by atoms with van der Waals surface area (Å²) in [6, 6.07) is 0. The van der Waals surface area contributed by atoms with Crippen molar-refractivity contribution in [2.24, 2.45) is 0 Å². The molecule has 6 nitrogen and oxygen atoms in total. The van der Waals surface area contributed by atoms with Gasteiger partial charge in [0.25, 0.3) is 0 Å². The van der Waals surface area contributed by atoms with Crippen molar-refractivity contribution in [3.63, 3.8) is 0 Å². The lowest BCUT2D eigenvalue weighted by Crippen LogP contribution is -2.51. The molecule has 2 heterocycles. The molecule has 0 aliphatic carbocycles. The van der Waals surface area contributed by atoms with E-state index in [0.717, 1.165) is 0 Å². The van der Waals surface area contributed by atoms with Gasteiger partial charge in [0.05, 0.1) is 0 Å². The summed E-state index contributed by atoms with van der Waals surface area (Å²) in [5.74, 6) is -1.41. The second-order valence-electron chi connectivity index (χ2n) is 1.55. The molecule has 0 amide bonds. The molecule has 0 aromatic heterocycles. The van der Waals surface area contributed by atoms with Crippen molar-refractivity contribution < 1.29 is 29.1 Å². The van der Waals surface area contributed by atoms with Crippen LogP contribution in [0.25, 0.3) is 0 Å². The van der Waals surface area contributed by atoms with E-state index in [1.165, 1.54) is 0 Å². The maximum absolute atomic E-state index is 10.0. The van der Waals surface area contributed by atoms with E-state index >= 15 is 0 Å². The van der Waals surface area contributed by atoms with Gasteiger partial charge in [-0.05, 0) is 0 Å². The summed E-state index contributed by atoms with van der Waals surface area (Å²) in [5.41, 5.74) is 0. The zero-order valence-electron chi connectivity index (χ0n) is 4.16. The minimum Gasteiger partial charge on any atom is -0.361 e. The topological polar surface area (TPSA) is 63.2 Å². The molecule has 0 saturated carbocycles. The second kappa shape index (κ2) is 1.35. The molecule has 0 unspecified atom stereocenters. The summed E-state index contributed by atoms with van der Waals surface area (Å²) in [6.07, 6.45) is -0.788. The fraction of sp³-hybridized carbons (Fsp3) is 0.667. The summed E-state index contributed by atoms with van der Waals surface area (Å²) in [6.45, 7) is -0.0568. The largest absolute Gasteiger partial charge is 0.518 e. The molecule has 2 rings (SSSR count). The molecule has 2 fully saturated rings. The highest BCUT2D eigenvalue weighted by atomic mass is 17.6. The molecule has 2 aliphatic heterocycles. The zero-order valence-corrected chi connectivity index (χ0v) is 4.16. The van der Waals surface area contributed by atoms with Crippen molar-refractivity contribution in [1.82, 2.24) is 0 Å². The smallest absolute Gasteiger partial charge is 0.361 e. The van der Waals surface area contributed by atoms with Gasteiger partial charge in [-0.15, -0.1) is 4.89 Å². The van der Waals surface area contributed by atoms with Gasteiger partial charge in [0.2, 0.25) is 0 Å². The molecule has 0 bridgehead atoms. The molecule has 2 aliphatic rings. The van der Waals surface area contributed by atoms with Gasteiger partial charge in [0, 0.05) is 0 Å². The quantitative estimate of drug-likeness (QED) is 0.334.